The first-order valence-electron chi connectivity index (χ1n) is 6.23. The number of halogens is 2. The molecule has 1 aliphatic heterocycles. The van der Waals surface area contributed by atoms with Gasteiger partial charge in [0, 0.05) is 13.0 Å². The molecule has 1 heterocycles. The van der Waals surface area contributed by atoms with Gasteiger partial charge in [0.05, 0.1) is 25.4 Å². The number of hydrogen-bond donors (Lipinski definition) is 2. The SMILES string of the molecule is COc1cccc(NC[C@@H]2C[C@@H](F)CN2C(=O)O)c1F. The second kappa shape index (κ2) is 5.94. The highest BCUT2D eigenvalue weighted by atomic mass is 19.1. The minimum Gasteiger partial charge on any atom is -0.494 e. The van der Waals surface area contributed by atoms with Crippen molar-refractivity contribution in [2.75, 3.05) is 25.5 Å². The molecular weight excluding hydrogens is 270 g/mol. The highest BCUT2D eigenvalue weighted by Gasteiger charge is 2.35. The molecule has 0 aliphatic carbocycles. The second-order valence-electron chi connectivity index (χ2n) is 4.62. The average molecular weight is 286 g/mol. The monoisotopic (exact) mass is 286 g/mol. The standard InChI is InChI=1S/C13H16F2N2O3/c1-20-11-4-2-3-10(12(11)15)16-6-9-5-8(14)7-17(9)13(18)19/h2-4,8-9,16H,5-7H2,1H3,(H,18,19)/t8-,9+/m1/s1. The Morgan fingerprint density at radius 1 is 1.60 bits per heavy atom. The van der Waals surface area contributed by atoms with Gasteiger partial charge in [-0.3, -0.25) is 0 Å². The molecule has 0 unspecified atom stereocenters. The predicted octanol–water partition coefficient (Wildman–Crippen LogP) is 2.34. The van der Waals surface area contributed by atoms with Crippen molar-refractivity contribution in [2.24, 2.45) is 0 Å². The van der Waals surface area contributed by atoms with E-state index in [4.69, 9.17) is 9.84 Å². The Bertz CT molecular complexity index is 499. The second-order valence-corrected chi connectivity index (χ2v) is 4.62. The van der Waals surface area contributed by atoms with E-state index in [1.165, 1.54) is 19.2 Å². The fraction of sp³-hybridized carbons (Fsp3) is 0.462. The summed E-state index contributed by atoms with van der Waals surface area (Å²) in [4.78, 5) is 12.0. The lowest BCUT2D eigenvalue weighted by Gasteiger charge is -2.22. The maximum absolute atomic E-state index is 13.9. The number of amides is 1. The minimum absolute atomic E-state index is 0.0971. The van der Waals surface area contributed by atoms with Gasteiger partial charge in [-0.1, -0.05) is 6.07 Å². The van der Waals surface area contributed by atoms with Gasteiger partial charge < -0.3 is 20.1 Å². The molecule has 1 aliphatic rings. The molecule has 0 radical (unpaired) electrons. The van der Waals surface area contributed by atoms with Gasteiger partial charge in [0.2, 0.25) is 0 Å². The number of carbonyl (C=O) groups is 1. The lowest BCUT2D eigenvalue weighted by atomic mass is 10.2. The van der Waals surface area contributed by atoms with Gasteiger partial charge in [-0.15, -0.1) is 0 Å². The largest absolute Gasteiger partial charge is 0.494 e. The van der Waals surface area contributed by atoms with Crippen molar-refractivity contribution < 1.29 is 23.4 Å². The van der Waals surface area contributed by atoms with E-state index < -0.39 is 24.1 Å². The Balaban J connectivity index is 2.03. The number of hydrogen-bond acceptors (Lipinski definition) is 3. The van der Waals surface area contributed by atoms with Crippen LogP contribution in [-0.4, -0.2) is 48.5 Å². The van der Waals surface area contributed by atoms with E-state index in [9.17, 15) is 13.6 Å². The summed E-state index contributed by atoms with van der Waals surface area (Å²) < 4.78 is 32.0. The smallest absolute Gasteiger partial charge is 0.407 e. The maximum atomic E-state index is 13.9. The third kappa shape index (κ3) is 2.92. The molecule has 1 fully saturated rings. The van der Waals surface area contributed by atoms with E-state index in [0.29, 0.717) is 0 Å². The van der Waals surface area contributed by atoms with Crippen LogP contribution in [0.2, 0.25) is 0 Å². The van der Waals surface area contributed by atoms with E-state index in [0.717, 1.165) is 4.90 Å². The van der Waals surface area contributed by atoms with Gasteiger partial charge in [0.15, 0.2) is 11.6 Å². The molecule has 2 atom stereocenters. The number of methoxy groups -OCH3 is 1. The van der Waals surface area contributed by atoms with E-state index in [-0.39, 0.29) is 30.9 Å². The third-order valence-electron chi connectivity index (χ3n) is 3.32. The fourth-order valence-electron chi connectivity index (χ4n) is 2.32. The molecule has 2 rings (SSSR count). The van der Waals surface area contributed by atoms with Crippen molar-refractivity contribution in [2.45, 2.75) is 18.6 Å². The van der Waals surface area contributed by atoms with Crippen molar-refractivity contribution in [1.29, 1.82) is 0 Å². The molecule has 0 spiro atoms. The van der Waals surface area contributed by atoms with Crippen molar-refractivity contribution in [1.82, 2.24) is 4.90 Å². The van der Waals surface area contributed by atoms with Crippen LogP contribution in [0.15, 0.2) is 18.2 Å². The van der Waals surface area contributed by atoms with Crippen LogP contribution < -0.4 is 10.1 Å². The van der Waals surface area contributed by atoms with Crippen LogP contribution in [0.4, 0.5) is 19.3 Å². The molecule has 20 heavy (non-hydrogen) atoms. The van der Waals surface area contributed by atoms with Crippen LogP contribution in [0.5, 0.6) is 5.75 Å². The molecule has 0 saturated carbocycles. The zero-order valence-corrected chi connectivity index (χ0v) is 11.0. The zero-order chi connectivity index (χ0) is 14.7. The Morgan fingerprint density at radius 2 is 2.35 bits per heavy atom. The number of rotatable bonds is 4. The van der Waals surface area contributed by atoms with Crippen LogP contribution in [0.1, 0.15) is 6.42 Å². The summed E-state index contributed by atoms with van der Waals surface area (Å²) in [5.74, 6) is -0.452. The molecule has 5 nitrogen and oxygen atoms in total. The predicted molar refractivity (Wildman–Crippen MR) is 69.5 cm³/mol. The van der Waals surface area contributed by atoms with Gasteiger partial charge >= 0.3 is 6.09 Å². The van der Waals surface area contributed by atoms with Crippen molar-refractivity contribution >= 4 is 11.8 Å². The summed E-state index contributed by atoms with van der Waals surface area (Å²) >= 11 is 0. The molecule has 1 aromatic rings. The highest BCUT2D eigenvalue weighted by molar-refractivity contribution is 5.66. The minimum atomic E-state index is -1.17. The van der Waals surface area contributed by atoms with Crippen LogP contribution >= 0.6 is 0 Å². The number of anilines is 1. The summed E-state index contributed by atoms with van der Waals surface area (Å²) in [7, 11) is 1.36. The average Bonchev–Trinajstić information content (AvgIpc) is 2.79. The number of nitrogens with zero attached hydrogens (tertiary/aromatic N) is 1. The molecule has 1 aromatic carbocycles. The first kappa shape index (κ1) is 14.4. The normalized spacial score (nSPS) is 21.9. The molecule has 1 saturated heterocycles. The maximum Gasteiger partial charge on any atom is 0.407 e. The zero-order valence-electron chi connectivity index (χ0n) is 11.0. The van der Waals surface area contributed by atoms with Crippen molar-refractivity contribution in [3.05, 3.63) is 24.0 Å². The van der Waals surface area contributed by atoms with Gasteiger partial charge in [-0.05, 0) is 12.1 Å². The lowest BCUT2D eigenvalue weighted by Crippen LogP contribution is -2.38. The number of carboxylic acid groups (broad SMARTS) is 1. The number of ether oxygens (including phenoxy) is 1. The van der Waals surface area contributed by atoms with Crippen LogP contribution in [0.3, 0.4) is 0 Å². The summed E-state index contributed by atoms with van der Waals surface area (Å²) in [6, 6.07) is 4.11. The summed E-state index contributed by atoms with van der Waals surface area (Å²) in [5.41, 5.74) is 0.206. The van der Waals surface area contributed by atoms with E-state index in [1.54, 1.807) is 6.07 Å². The number of nitrogens with one attached hydrogen (secondary N) is 1. The number of likely N-dealkylation sites (tertiary alicyclic amines) is 1. The molecule has 7 heteroatoms. The van der Waals surface area contributed by atoms with Crippen molar-refractivity contribution in [3.8, 4) is 5.75 Å². The van der Waals surface area contributed by atoms with Crippen LogP contribution in [-0.2, 0) is 0 Å². The molecule has 2 N–H and O–H groups in total. The highest BCUT2D eigenvalue weighted by Crippen LogP contribution is 2.25. The molecule has 110 valence electrons. The topological polar surface area (TPSA) is 61.8 Å². The van der Waals surface area contributed by atoms with E-state index in [1.807, 2.05) is 0 Å². The lowest BCUT2D eigenvalue weighted by molar-refractivity contribution is 0.140. The molecule has 1 amide bonds. The van der Waals surface area contributed by atoms with Crippen molar-refractivity contribution in [3.63, 3.8) is 0 Å². The summed E-state index contributed by atoms with van der Waals surface area (Å²) in [6.45, 7) is 0.0130. The number of benzene rings is 1. The first-order chi connectivity index (χ1) is 9.52. The third-order valence-corrected chi connectivity index (χ3v) is 3.32. The van der Waals surface area contributed by atoms with E-state index in [2.05, 4.69) is 5.32 Å². The molecule has 0 aromatic heterocycles. The molecule has 0 bridgehead atoms. The van der Waals surface area contributed by atoms with Gasteiger partial charge in [-0.2, -0.15) is 0 Å². The van der Waals surface area contributed by atoms with Gasteiger partial charge in [0.25, 0.3) is 0 Å². The molecular formula is C13H16F2N2O3. The Morgan fingerprint density at radius 3 is 3.00 bits per heavy atom. The van der Waals surface area contributed by atoms with Gasteiger partial charge in [-0.25, -0.2) is 13.6 Å². The Labute approximate surface area is 115 Å². The first-order valence-corrected chi connectivity index (χ1v) is 6.23. The Kier molecular flexibility index (Phi) is 4.26. The Hall–Kier alpha value is -2.05. The summed E-state index contributed by atoms with van der Waals surface area (Å²) in [6.07, 6.45) is -2.22. The fourth-order valence-corrected chi connectivity index (χ4v) is 2.32. The van der Waals surface area contributed by atoms with E-state index >= 15 is 0 Å². The number of alkyl halides is 1. The quantitative estimate of drug-likeness (QED) is 0.892. The summed E-state index contributed by atoms with van der Waals surface area (Å²) in [5, 5.41) is 11.8. The van der Waals surface area contributed by atoms with Crippen LogP contribution in [0.25, 0.3) is 0 Å². The van der Waals surface area contributed by atoms with Gasteiger partial charge in [0.1, 0.15) is 6.17 Å². The van der Waals surface area contributed by atoms with Crippen LogP contribution in [0, 0.1) is 5.82 Å².